The number of hydrogen-bond acceptors (Lipinski definition) is 4. The predicted octanol–water partition coefficient (Wildman–Crippen LogP) is 2.50. The molecule has 0 unspecified atom stereocenters. The summed E-state index contributed by atoms with van der Waals surface area (Å²) >= 11 is 0. The van der Waals surface area contributed by atoms with E-state index >= 15 is 0 Å². The smallest absolute Gasteiger partial charge is 0.266 e. The lowest BCUT2D eigenvalue weighted by Crippen LogP contribution is -2.12. The number of methoxy groups -OCH3 is 1. The van der Waals surface area contributed by atoms with Crippen molar-refractivity contribution in [2.24, 2.45) is 0 Å². The Morgan fingerprint density at radius 3 is 2.62 bits per heavy atom. The van der Waals surface area contributed by atoms with E-state index in [2.05, 4.69) is 4.98 Å². The number of nitriles is 1. The third-order valence-corrected chi connectivity index (χ3v) is 3.33. The fraction of sp³-hybridized carbons (Fsp3) is 0.250. The van der Waals surface area contributed by atoms with Crippen LogP contribution in [-0.2, 0) is 6.42 Å². The van der Waals surface area contributed by atoms with Gasteiger partial charge in [-0.25, -0.2) is 0 Å². The molecule has 1 aromatic heterocycles. The molecule has 0 radical (unpaired) electrons. The maximum Gasteiger partial charge on any atom is 0.266 e. The van der Waals surface area contributed by atoms with E-state index in [1.165, 1.54) is 7.11 Å². The van der Waals surface area contributed by atoms with Gasteiger partial charge in [0.25, 0.3) is 5.56 Å². The molecule has 0 atom stereocenters. The van der Waals surface area contributed by atoms with Crippen LogP contribution in [0, 0.1) is 18.3 Å². The monoisotopic (exact) mass is 284 g/mol. The van der Waals surface area contributed by atoms with Crippen molar-refractivity contribution >= 4 is 0 Å². The van der Waals surface area contributed by atoms with Crippen LogP contribution >= 0.6 is 0 Å². The second-order valence-electron chi connectivity index (χ2n) is 4.73. The molecule has 0 fully saturated rings. The van der Waals surface area contributed by atoms with Crippen LogP contribution in [0.3, 0.4) is 0 Å². The van der Waals surface area contributed by atoms with Gasteiger partial charge in [-0.3, -0.25) is 4.79 Å². The molecule has 0 saturated carbocycles. The molecule has 0 spiro atoms. The molecule has 0 saturated heterocycles. The van der Waals surface area contributed by atoms with Crippen LogP contribution in [0.5, 0.6) is 11.5 Å². The largest absolute Gasteiger partial charge is 0.504 e. The Kier molecular flexibility index (Phi) is 3.99. The third kappa shape index (κ3) is 2.61. The van der Waals surface area contributed by atoms with E-state index in [0.717, 1.165) is 12.0 Å². The zero-order valence-corrected chi connectivity index (χ0v) is 12.2. The molecule has 5 heteroatoms. The third-order valence-electron chi connectivity index (χ3n) is 3.33. The maximum atomic E-state index is 11.9. The average molecular weight is 284 g/mol. The number of H-pyrrole nitrogens is 1. The Morgan fingerprint density at radius 1 is 1.33 bits per heavy atom. The molecular formula is C16H16N2O3. The Balaban J connectivity index is 2.85. The predicted molar refractivity (Wildman–Crippen MR) is 79.5 cm³/mol. The normalized spacial score (nSPS) is 10.2. The number of phenolic OH excluding ortho intramolecular Hbond substituents is 1. The van der Waals surface area contributed by atoms with Crippen molar-refractivity contribution in [2.45, 2.75) is 20.3 Å². The van der Waals surface area contributed by atoms with Crippen molar-refractivity contribution in [3.8, 4) is 28.7 Å². The first-order valence-electron chi connectivity index (χ1n) is 6.56. The highest BCUT2D eigenvalue weighted by atomic mass is 16.5. The van der Waals surface area contributed by atoms with E-state index in [1.54, 1.807) is 25.1 Å². The number of ether oxygens (including phenoxy) is 1. The van der Waals surface area contributed by atoms with Crippen LogP contribution in [0.25, 0.3) is 11.1 Å². The number of pyridine rings is 1. The average Bonchev–Trinajstić information content (AvgIpc) is 2.46. The highest BCUT2D eigenvalue weighted by molar-refractivity contribution is 5.78. The number of aromatic nitrogens is 1. The summed E-state index contributed by atoms with van der Waals surface area (Å²) in [6.07, 6.45) is 0.744. The quantitative estimate of drug-likeness (QED) is 0.906. The van der Waals surface area contributed by atoms with Crippen molar-refractivity contribution in [1.82, 2.24) is 4.98 Å². The van der Waals surface area contributed by atoms with Gasteiger partial charge in [-0.1, -0.05) is 6.92 Å². The molecule has 1 heterocycles. The standard InChI is InChI=1S/C16H16N2O3/c1-4-10-6-12(15(19)14(7-10)21-3)11-5-9(2)18-16(20)13(11)8-17/h5-7,19H,4H2,1-3H3,(H,18,20). The summed E-state index contributed by atoms with van der Waals surface area (Å²) in [4.78, 5) is 14.5. The minimum absolute atomic E-state index is 0.0220. The van der Waals surface area contributed by atoms with Crippen molar-refractivity contribution in [3.05, 3.63) is 45.4 Å². The van der Waals surface area contributed by atoms with Crippen molar-refractivity contribution in [3.63, 3.8) is 0 Å². The number of nitrogens with zero attached hydrogens (tertiary/aromatic N) is 1. The lowest BCUT2D eigenvalue weighted by molar-refractivity contribution is 0.374. The number of phenols is 1. The van der Waals surface area contributed by atoms with Gasteiger partial charge in [0, 0.05) is 16.8 Å². The first-order valence-corrected chi connectivity index (χ1v) is 6.56. The number of benzene rings is 1. The van der Waals surface area contributed by atoms with Crippen LogP contribution in [-0.4, -0.2) is 17.2 Å². The highest BCUT2D eigenvalue weighted by Gasteiger charge is 2.17. The Labute approximate surface area is 122 Å². The van der Waals surface area contributed by atoms with E-state index in [4.69, 9.17) is 4.74 Å². The van der Waals surface area contributed by atoms with Crippen LogP contribution in [0.4, 0.5) is 0 Å². The number of aromatic hydroxyl groups is 1. The highest BCUT2D eigenvalue weighted by Crippen LogP contribution is 2.39. The van der Waals surface area contributed by atoms with Gasteiger partial charge in [-0.05, 0) is 37.1 Å². The van der Waals surface area contributed by atoms with E-state index in [-0.39, 0.29) is 11.3 Å². The van der Waals surface area contributed by atoms with E-state index in [0.29, 0.717) is 22.6 Å². The number of rotatable bonds is 3. The summed E-state index contributed by atoms with van der Waals surface area (Å²) < 4.78 is 5.16. The van der Waals surface area contributed by atoms with E-state index in [1.807, 2.05) is 13.0 Å². The van der Waals surface area contributed by atoms with E-state index in [9.17, 15) is 15.2 Å². The summed E-state index contributed by atoms with van der Waals surface area (Å²) in [7, 11) is 1.46. The number of hydrogen-bond donors (Lipinski definition) is 2. The van der Waals surface area contributed by atoms with Crippen LogP contribution in [0.15, 0.2) is 23.0 Å². The zero-order valence-electron chi connectivity index (χ0n) is 12.2. The number of nitrogens with one attached hydrogen (secondary N) is 1. The Hall–Kier alpha value is -2.74. The van der Waals surface area contributed by atoms with Crippen LogP contribution in [0.2, 0.25) is 0 Å². The van der Waals surface area contributed by atoms with Gasteiger partial charge in [0.15, 0.2) is 11.5 Å². The molecule has 2 N–H and O–H groups in total. The second-order valence-corrected chi connectivity index (χ2v) is 4.73. The van der Waals surface area contributed by atoms with Crippen LogP contribution in [0.1, 0.15) is 23.7 Å². The zero-order chi connectivity index (χ0) is 15.6. The molecule has 0 aliphatic heterocycles. The fourth-order valence-electron chi connectivity index (χ4n) is 2.24. The molecule has 1 aromatic carbocycles. The molecule has 0 amide bonds. The van der Waals surface area contributed by atoms with Gasteiger partial charge < -0.3 is 14.8 Å². The first-order chi connectivity index (χ1) is 10.0. The van der Waals surface area contributed by atoms with Crippen LogP contribution < -0.4 is 10.3 Å². The summed E-state index contributed by atoms with van der Waals surface area (Å²) in [6, 6.07) is 7.08. The van der Waals surface area contributed by atoms with Crippen molar-refractivity contribution < 1.29 is 9.84 Å². The van der Waals surface area contributed by atoms with E-state index < -0.39 is 5.56 Å². The number of aryl methyl sites for hydroxylation is 2. The second kappa shape index (κ2) is 5.71. The molecule has 2 aromatic rings. The van der Waals surface area contributed by atoms with Gasteiger partial charge in [0.05, 0.1) is 7.11 Å². The fourth-order valence-corrected chi connectivity index (χ4v) is 2.24. The minimum atomic E-state index is -0.465. The van der Waals surface area contributed by atoms with Gasteiger partial charge >= 0.3 is 0 Å². The van der Waals surface area contributed by atoms with Crippen molar-refractivity contribution in [2.75, 3.05) is 7.11 Å². The molecule has 108 valence electrons. The Bertz CT molecular complexity index is 785. The molecule has 0 bridgehead atoms. The summed E-state index contributed by atoms with van der Waals surface area (Å²) in [5, 5.41) is 19.5. The molecule has 5 nitrogen and oxygen atoms in total. The van der Waals surface area contributed by atoms with Gasteiger partial charge in [0.1, 0.15) is 11.6 Å². The van der Waals surface area contributed by atoms with Gasteiger partial charge in [-0.15, -0.1) is 0 Å². The topological polar surface area (TPSA) is 86.1 Å². The van der Waals surface area contributed by atoms with Gasteiger partial charge in [-0.2, -0.15) is 5.26 Å². The van der Waals surface area contributed by atoms with Gasteiger partial charge in [0.2, 0.25) is 0 Å². The SMILES string of the molecule is CCc1cc(OC)c(O)c(-c2cc(C)[nH]c(=O)c2C#N)c1. The summed E-state index contributed by atoms with van der Waals surface area (Å²) in [5.74, 6) is 0.252. The Morgan fingerprint density at radius 2 is 2.05 bits per heavy atom. The maximum absolute atomic E-state index is 11.9. The molecule has 2 rings (SSSR count). The van der Waals surface area contributed by atoms with Crippen molar-refractivity contribution in [1.29, 1.82) is 5.26 Å². The first kappa shape index (κ1) is 14.7. The molecule has 0 aliphatic carbocycles. The lowest BCUT2D eigenvalue weighted by atomic mass is 9.97. The molecule has 0 aliphatic rings. The number of aromatic amines is 1. The lowest BCUT2D eigenvalue weighted by Gasteiger charge is -2.13. The summed E-state index contributed by atoms with van der Waals surface area (Å²) in [5.41, 5.74) is 1.91. The molecule has 21 heavy (non-hydrogen) atoms. The minimum Gasteiger partial charge on any atom is -0.504 e. The summed E-state index contributed by atoms with van der Waals surface area (Å²) in [6.45, 7) is 3.70. The molecular weight excluding hydrogens is 268 g/mol.